The Morgan fingerprint density at radius 1 is 1.38 bits per heavy atom. The van der Waals surface area contributed by atoms with Crippen molar-refractivity contribution in [3.05, 3.63) is 41.2 Å². The summed E-state index contributed by atoms with van der Waals surface area (Å²) in [5, 5.41) is 18.2. The number of carboxylic acid groups (broad SMARTS) is 1. The van der Waals surface area contributed by atoms with Crippen LogP contribution in [0.3, 0.4) is 0 Å². The number of carboxylic acids is 1. The number of rotatable bonds is 4. The first kappa shape index (κ1) is 14.9. The number of nitrogens with one attached hydrogen (secondary N) is 2. The van der Waals surface area contributed by atoms with Crippen LogP contribution in [0.1, 0.15) is 5.56 Å². The summed E-state index contributed by atoms with van der Waals surface area (Å²) in [6.07, 6.45) is 2.80. The first-order valence-corrected chi connectivity index (χ1v) is 6.40. The van der Waals surface area contributed by atoms with Crippen LogP contribution in [0, 0.1) is 6.92 Å². The highest BCUT2D eigenvalue weighted by Gasteiger charge is 2.08. The first-order valence-electron chi connectivity index (χ1n) is 6.02. The van der Waals surface area contributed by atoms with Crippen LogP contribution in [0.5, 0.6) is 0 Å². The number of benzene rings is 1. The van der Waals surface area contributed by atoms with Gasteiger partial charge in [0.2, 0.25) is 0 Å². The lowest BCUT2D eigenvalue weighted by atomic mass is 10.2. The fourth-order valence-electron chi connectivity index (χ4n) is 1.67. The van der Waals surface area contributed by atoms with Gasteiger partial charge in [-0.1, -0.05) is 17.7 Å². The van der Waals surface area contributed by atoms with Gasteiger partial charge in [-0.15, -0.1) is 0 Å². The number of amides is 2. The molecule has 0 aliphatic rings. The third kappa shape index (κ3) is 4.22. The lowest BCUT2D eigenvalue weighted by Crippen LogP contribution is -2.19. The zero-order chi connectivity index (χ0) is 15.4. The summed E-state index contributed by atoms with van der Waals surface area (Å²) in [5.41, 5.74) is 1.86. The molecule has 0 aliphatic carbocycles. The van der Waals surface area contributed by atoms with E-state index in [1.165, 1.54) is 17.1 Å². The Balaban J connectivity index is 2.00. The monoisotopic (exact) mass is 308 g/mol. The van der Waals surface area contributed by atoms with Gasteiger partial charge in [0.1, 0.15) is 6.54 Å². The second-order valence-electron chi connectivity index (χ2n) is 4.36. The molecule has 0 aliphatic heterocycles. The molecule has 0 radical (unpaired) electrons. The van der Waals surface area contributed by atoms with Gasteiger partial charge in [0.05, 0.1) is 11.9 Å². The Kier molecular flexibility index (Phi) is 4.44. The van der Waals surface area contributed by atoms with Crippen molar-refractivity contribution in [1.29, 1.82) is 0 Å². The van der Waals surface area contributed by atoms with Crippen LogP contribution in [0.2, 0.25) is 5.02 Å². The summed E-state index contributed by atoms with van der Waals surface area (Å²) in [7, 11) is 0. The number of urea groups is 1. The van der Waals surface area contributed by atoms with Crippen LogP contribution in [0.25, 0.3) is 0 Å². The van der Waals surface area contributed by atoms with Crippen LogP contribution < -0.4 is 10.6 Å². The van der Waals surface area contributed by atoms with Gasteiger partial charge in [-0.05, 0) is 24.6 Å². The summed E-state index contributed by atoms with van der Waals surface area (Å²) >= 11 is 5.87. The van der Waals surface area contributed by atoms with E-state index in [1.807, 2.05) is 6.92 Å². The molecule has 0 fully saturated rings. The number of aryl methyl sites for hydroxylation is 1. The largest absolute Gasteiger partial charge is 0.480 e. The summed E-state index contributed by atoms with van der Waals surface area (Å²) in [6, 6.07) is 4.71. The predicted molar refractivity (Wildman–Crippen MR) is 78.7 cm³/mol. The van der Waals surface area contributed by atoms with Gasteiger partial charge in [0, 0.05) is 16.9 Å². The van der Waals surface area contributed by atoms with Gasteiger partial charge in [-0.2, -0.15) is 5.10 Å². The van der Waals surface area contributed by atoms with Crippen LogP contribution in [0.4, 0.5) is 16.2 Å². The molecule has 1 aromatic carbocycles. The quantitative estimate of drug-likeness (QED) is 0.808. The van der Waals surface area contributed by atoms with Crippen LogP contribution in [-0.2, 0) is 11.3 Å². The lowest BCUT2D eigenvalue weighted by molar-refractivity contribution is -0.137. The van der Waals surface area contributed by atoms with Crippen molar-refractivity contribution in [3.8, 4) is 0 Å². The first-order chi connectivity index (χ1) is 9.94. The van der Waals surface area contributed by atoms with Gasteiger partial charge in [0.15, 0.2) is 0 Å². The Labute approximate surface area is 125 Å². The highest BCUT2D eigenvalue weighted by molar-refractivity contribution is 6.31. The zero-order valence-corrected chi connectivity index (χ0v) is 11.9. The lowest BCUT2D eigenvalue weighted by Gasteiger charge is -2.09. The molecule has 1 aromatic heterocycles. The molecular weight excluding hydrogens is 296 g/mol. The minimum atomic E-state index is -1.01. The Morgan fingerprint density at radius 2 is 2.14 bits per heavy atom. The zero-order valence-electron chi connectivity index (χ0n) is 11.1. The number of nitrogens with zero attached hydrogens (tertiary/aromatic N) is 2. The molecule has 0 saturated carbocycles. The molecule has 0 saturated heterocycles. The second-order valence-corrected chi connectivity index (χ2v) is 4.80. The third-order valence-corrected chi connectivity index (χ3v) is 2.87. The van der Waals surface area contributed by atoms with E-state index >= 15 is 0 Å². The fourth-order valence-corrected chi connectivity index (χ4v) is 1.84. The molecule has 3 N–H and O–H groups in total. The highest BCUT2D eigenvalue weighted by Crippen LogP contribution is 2.20. The maximum Gasteiger partial charge on any atom is 0.325 e. The molecule has 8 heteroatoms. The van der Waals surface area contributed by atoms with E-state index in [0.29, 0.717) is 16.4 Å². The van der Waals surface area contributed by atoms with E-state index in [-0.39, 0.29) is 6.54 Å². The van der Waals surface area contributed by atoms with Crippen molar-refractivity contribution in [2.24, 2.45) is 0 Å². The smallest absolute Gasteiger partial charge is 0.325 e. The molecule has 0 unspecified atom stereocenters. The average Bonchev–Trinajstić information content (AvgIpc) is 2.80. The minimum absolute atomic E-state index is 0.267. The molecule has 2 rings (SSSR count). The van der Waals surface area contributed by atoms with Crippen molar-refractivity contribution in [2.75, 3.05) is 10.6 Å². The second kappa shape index (κ2) is 6.27. The number of carbonyl (C=O) groups excluding carboxylic acids is 1. The number of hydrogen-bond acceptors (Lipinski definition) is 3. The van der Waals surface area contributed by atoms with Crippen molar-refractivity contribution in [2.45, 2.75) is 13.5 Å². The van der Waals surface area contributed by atoms with E-state index in [2.05, 4.69) is 15.7 Å². The summed E-state index contributed by atoms with van der Waals surface area (Å²) in [6.45, 7) is 1.58. The van der Waals surface area contributed by atoms with Crippen LogP contribution in [0.15, 0.2) is 30.6 Å². The molecule has 0 spiro atoms. The van der Waals surface area contributed by atoms with Crippen LogP contribution >= 0.6 is 11.6 Å². The predicted octanol–water partition coefficient (Wildman–Crippen LogP) is 2.57. The molecule has 0 bridgehead atoms. The number of aliphatic carboxylic acids is 1. The van der Waals surface area contributed by atoms with E-state index in [9.17, 15) is 9.59 Å². The minimum Gasteiger partial charge on any atom is -0.480 e. The average molecular weight is 309 g/mol. The molecule has 2 aromatic rings. The Bertz CT molecular complexity index is 684. The van der Waals surface area contributed by atoms with Crippen molar-refractivity contribution in [1.82, 2.24) is 9.78 Å². The van der Waals surface area contributed by atoms with E-state index in [1.54, 1.807) is 18.2 Å². The number of hydrogen-bond donors (Lipinski definition) is 3. The topological polar surface area (TPSA) is 96.3 Å². The molecule has 0 atom stereocenters. The molecule has 21 heavy (non-hydrogen) atoms. The summed E-state index contributed by atoms with van der Waals surface area (Å²) < 4.78 is 1.21. The maximum absolute atomic E-state index is 11.9. The SMILES string of the molecule is Cc1ccc(Cl)cc1NC(=O)Nc1cnn(CC(=O)O)c1. The van der Waals surface area contributed by atoms with Gasteiger partial charge in [0.25, 0.3) is 0 Å². The van der Waals surface area contributed by atoms with Crippen molar-refractivity contribution < 1.29 is 14.7 Å². The molecule has 2 amide bonds. The number of carbonyl (C=O) groups is 2. The van der Waals surface area contributed by atoms with Gasteiger partial charge in [-0.3, -0.25) is 9.48 Å². The van der Waals surface area contributed by atoms with E-state index in [4.69, 9.17) is 16.7 Å². The van der Waals surface area contributed by atoms with E-state index < -0.39 is 12.0 Å². The fraction of sp³-hybridized carbons (Fsp3) is 0.154. The van der Waals surface area contributed by atoms with Gasteiger partial charge >= 0.3 is 12.0 Å². The number of aromatic nitrogens is 2. The Hall–Kier alpha value is -2.54. The van der Waals surface area contributed by atoms with Crippen molar-refractivity contribution in [3.63, 3.8) is 0 Å². The molecule has 1 heterocycles. The normalized spacial score (nSPS) is 10.2. The summed E-state index contributed by atoms with van der Waals surface area (Å²) in [4.78, 5) is 22.4. The maximum atomic E-state index is 11.9. The summed E-state index contributed by atoms with van der Waals surface area (Å²) in [5.74, 6) is -1.01. The molecular formula is C13H13ClN4O3. The standard InChI is InChI=1S/C13H13ClN4O3/c1-8-2-3-9(14)4-11(8)17-13(21)16-10-5-15-18(6-10)7-12(19)20/h2-6H,7H2,1H3,(H,19,20)(H2,16,17,21). The molecule has 7 nitrogen and oxygen atoms in total. The van der Waals surface area contributed by atoms with E-state index in [0.717, 1.165) is 5.56 Å². The van der Waals surface area contributed by atoms with Crippen LogP contribution in [-0.4, -0.2) is 26.9 Å². The number of halogens is 1. The Morgan fingerprint density at radius 3 is 2.86 bits per heavy atom. The van der Waals surface area contributed by atoms with Gasteiger partial charge in [-0.25, -0.2) is 4.79 Å². The van der Waals surface area contributed by atoms with Gasteiger partial charge < -0.3 is 15.7 Å². The van der Waals surface area contributed by atoms with Crippen molar-refractivity contribution >= 4 is 35.0 Å². The molecule has 110 valence electrons. The third-order valence-electron chi connectivity index (χ3n) is 2.64. The highest BCUT2D eigenvalue weighted by atomic mass is 35.5. The number of anilines is 2.